The molecular weight excluding hydrogens is 349 g/mol. The molecule has 2 aromatic rings. The molecule has 1 aromatic heterocycles. The van der Waals surface area contributed by atoms with Crippen LogP contribution in [0.2, 0.25) is 10.0 Å². The standard InChI is InChI=1S/C17H19Cl2N3O2/c1-9(12-4-6-14(18)15(19)8-12)21-16(23)7-5-13-10(2)20-11(3)22-17(13)24/h4,6,8-9H,5,7H2,1-3H3,(H,21,23)(H,20,22,24)/t9-/m0/s1. The van der Waals surface area contributed by atoms with Gasteiger partial charge in [-0.3, -0.25) is 9.59 Å². The second-order valence-corrected chi connectivity index (χ2v) is 6.49. The Morgan fingerprint density at radius 2 is 2.00 bits per heavy atom. The van der Waals surface area contributed by atoms with Gasteiger partial charge in [0.15, 0.2) is 0 Å². The average molecular weight is 368 g/mol. The molecule has 1 amide bonds. The summed E-state index contributed by atoms with van der Waals surface area (Å²) in [6.07, 6.45) is 0.550. The van der Waals surface area contributed by atoms with Gasteiger partial charge in [0.1, 0.15) is 5.82 Å². The summed E-state index contributed by atoms with van der Waals surface area (Å²) in [7, 11) is 0. The predicted octanol–water partition coefficient (Wildman–Crippen LogP) is 3.50. The molecule has 0 unspecified atom stereocenters. The lowest BCUT2D eigenvalue weighted by Crippen LogP contribution is -2.28. The zero-order valence-corrected chi connectivity index (χ0v) is 15.3. The number of aryl methyl sites for hydroxylation is 2. The highest BCUT2D eigenvalue weighted by molar-refractivity contribution is 6.42. The van der Waals surface area contributed by atoms with Crippen molar-refractivity contribution in [1.82, 2.24) is 15.3 Å². The number of nitrogens with one attached hydrogen (secondary N) is 2. The lowest BCUT2D eigenvalue weighted by atomic mass is 10.1. The Balaban J connectivity index is 1.98. The van der Waals surface area contributed by atoms with Crippen molar-refractivity contribution in [2.75, 3.05) is 0 Å². The maximum atomic E-state index is 12.1. The maximum absolute atomic E-state index is 12.1. The van der Waals surface area contributed by atoms with Crippen LogP contribution in [0.1, 0.15) is 42.0 Å². The first-order valence-corrected chi connectivity index (χ1v) is 8.34. The van der Waals surface area contributed by atoms with E-state index in [1.54, 1.807) is 26.0 Å². The van der Waals surface area contributed by atoms with E-state index in [0.717, 1.165) is 5.56 Å². The van der Waals surface area contributed by atoms with Crippen molar-refractivity contribution in [3.05, 3.63) is 61.2 Å². The summed E-state index contributed by atoms with van der Waals surface area (Å²) in [5.74, 6) is 0.423. The van der Waals surface area contributed by atoms with Gasteiger partial charge in [0, 0.05) is 17.7 Å². The second kappa shape index (κ2) is 7.81. The summed E-state index contributed by atoms with van der Waals surface area (Å²) in [4.78, 5) is 31.0. The first-order chi connectivity index (χ1) is 11.3. The predicted molar refractivity (Wildman–Crippen MR) is 95.7 cm³/mol. The molecule has 128 valence electrons. The normalized spacial score (nSPS) is 12.0. The van der Waals surface area contributed by atoms with E-state index in [1.807, 2.05) is 13.0 Å². The molecule has 0 aliphatic rings. The van der Waals surface area contributed by atoms with Crippen LogP contribution < -0.4 is 10.9 Å². The monoisotopic (exact) mass is 367 g/mol. The van der Waals surface area contributed by atoms with E-state index in [9.17, 15) is 9.59 Å². The number of aromatic amines is 1. The number of amides is 1. The van der Waals surface area contributed by atoms with E-state index >= 15 is 0 Å². The Kier molecular flexibility index (Phi) is 6.02. The summed E-state index contributed by atoms with van der Waals surface area (Å²) >= 11 is 11.9. The highest BCUT2D eigenvalue weighted by Gasteiger charge is 2.13. The minimum absolute atomic E-state index is 0.145. The molecule has 24 heavy (non-hydrogen) atoms. The molecule has 1 heterocycles. The number of nitrogens with zero attached hydrogens (tertiary/aromatic N) is 1. The van der Waals surface area contributed by atoms with Gasteiger partial charge in [0.05, 0.1) is 16.1 Å². The van der Waals surface area contributed by atoms with Gasteiger partial charge in [0.2, 0.25) is 5.91 Å². The number of carbonyl (C=O) groups excluding carboxylic acids is 1. The minimum Gasteiger partial charge on any atom is -0.350 e. The topological polar surface area (TPSA) is 74.8 Å². The van der Waals surface area contributed by atoms with Crippen LogP contribution in [0.4, 0.5) is 0 Å². The molecular formula is C17H19Cl2N3O2. The van der Waals surface area contributed by atoms with Crippen molar-refractivity contribution in [2.45, 2.75) is 39.7 Å². The van der Waals surface area contributed by atoms with Gasteiger partial charge in [0.25, 0.3) is 5.56 Å². The molecule has 0 radical (unpaired) electrons. The molecule has 5 nitrogen and oxygen atoms in total. The van der Waals surface area contributed by atoms with Crippen LogP contribution in [-0.4, -0.2) is 15.9 Å². The third kappa shape index (κ3) is 4.58. The van der Waals surface area contributed by atoms with Gasteiger partial charge in [-0.25, -0.2) is 4.98 Å². The van der Waals surface area contributed by atoms with Crippen LogP contribution in [0.15, 0.2) is 23.0 Å². The zero-order valence-electron chi connectivity index (χ0n) is 13.7. The highest BCUT2D eigenvalue weighted by atomic mass is 35.5. The Morgan fingerprint density at radius 1 is 1.29 bits per heavy atom. The smallest absolute Gasteiger partial charge is 0.254 e. The molecule has 2 N–H and O–H groups in total. The average Bonchev–Trinajstić information content (AvgIpc) is 2.48. The van der Waals surface area contributed by atoms with Crippen LogP contribution in [0.5, 0.6) is 0 Å². The van der Waals surface area contributed by atoms with Gasteiger partial charge < -0.3 is 10.3 Å². The van der Waals surface area contributed by atoms with Crippen LogP contribution in [-0.2, 0) is 11.2 Å². The van der Waals surface area contributed by atoms with E-state index in [0.29, 0.717) is 33.5 Å². The van der Waals surface area contributed by atoms with Crippen LogP contribution in [0, 0.1) is 13.8 Å². The Morgan fingerprint density at radius 3 is 2.62 bits per heavy atom. The number of hydrogen-bond donors (Lipinski definition) is 2. The summed E-state index contributed by atoms with van der Waals surface area (Å²) < 4.78 is 0. The van der Waals surface area contributed by atoms with E-state index in [2.05, 4.69) is 15.3 Å². The summed E-state index contributed by atoms with van der Waals surface area (Å²) in [5, 5.41) is 3.81. The van der Waals surface area contributed by atoms with E-state index in [1.165, 1.54) is 0 Å². The largest absolute Gasteiger partial charge is 0.350 e. The third-order valence-corrected chi connectivity index (χ3v) is 4.50. The van der Waals surface area contributed by atoms with Crippen molar-refractivity contribution in [3.8, 4) is 0 Å². The zero-order chi connectivity index (χ0) is 17.9. The second-order valence-electron chi connectivity index (χ2n) is 5.68. The Hall–Kier alpha value is -1.85. The molecule has 0 saturated carbocycles. The third-order valence-electron chi connectivity index (χ3n) is 3.76. The van der Waals surface area contributed by atoms with E-state index in [4.69, 9.17) is 23.2 Å². The maximum Gasteiger partial charge on any atom is 0.254 e. The Labute approximate surface area is 150 Å². The molecule has 7 heteroatoms. The minimum atomic E-state index is -0.206. The number of halogens is 2. The van der Waals surface area contributed by atoms with Crippen molar-refractivity contribution in [3.63, 3.8) is 0 Å². The molecule has 0 bridgehead atoms. The van der Waals surface area contributed by atoms with Crippen molar-refractivity contribution in [1.29, 1.82) is 0 Å². The van der Waals surface area contributed by atoms with Crippen molar-refractivity contribution < 1.29 is 4.79 Å². The van der Waals surface area contributed by atoms with Crippen molar-refractivity contribution >= 4 is 29.1 Å². The summed E-state index contributed by atoms with van der Waals surface area (Å²) in [6, 6.07) is 5.04. The first-order valence-electron chi connectivity index (χ1n) is 7.58. The first kappa shape index (κ1) is 18.5. The van der Waals surface area contributed by atoms with Gasteiger partial charge in [-0.2, -0.15) is 0 Å². The number of aromatic nitrogens is 2. The number of rotatable bonds is 5. The number of carbonyl (C=O) groups is 1. The molecule has 2 rings (SSSR count). The number of benzene rings is 1. The van der Waals surface area contributed by atoms with Gasteiger partial charge >= 0.3 is 0 Å². The molecule has 0 spiro atoms. The Bertz CT molecular complexity index is 818. The number of H-pyrrole nitrogens is 1. The summed E-state index contributed by atoms with van der Waals surface area (Å²) in [6.45, 7) is 5.36. The SMILES string of the molecule is Cc1nc(C)c(CCC(=O)N[C@@H](C)c2ccc(Cl)c(Cl)c2)c(=O)[nH]1. The molecule has 1 aromatic carbocycles. The van der Waals surface area contributed by atoms with Gasteiger partial charge in [-0.15, -0.1) is 0 Å². The van der Waals surface area contributed by atoms with Crippen LogP contribution >= 0.6 is 23.2 Å². The fraction of sp³-hybridized carbons (Fsp3) is 0.353. The molecule has 1 atom stereocenters. The highest BCUT2D eigenvalue weighted by Crippen LogP contribution is 2.25. The van der Waals surface area contributed by atoms with Crippen LogP contribution in [0.3, 0.4) is 0 Å². The lowest BCUT2D eigenvalue weighted by molar-refractivity contribution is -0.121. The number of hydrogen-bond acceptors (Lipinski definition) is 3. The molecule has 0 fully saturated rings. The molecule has 0 saturated heterocycles. The quantitative estimate of drug-likeness (QED) is 0.848. The van der Waals surface area contributed by atoms with Gasteiger partial charge in [-0.05, 0) is 44.9 Å². The summed E-state index contributed by atoms with van der Waals surface area (Å²) in [5.41, 5.74) is 1.87. The van der Waals surface area contributed by atoms with Crippen molar-refractivity contribution in [2.24, 2.45) is 0 Å². The molecule has 0 aliphatic carbocycles. The van der Waals surface area contributed by atoms with Crippen LogP contribution in [0.25, 0.3) is 0 Å². The van der Waals surface area contributed by atoms with E-state index < -0.39 is 0 Å². The lowest BCUT2D eigenvalue weighted by Gasteiger charge is -2.15. The fourth-order valence-electron chi connectivity index (χ4n) is 2.46. The van der Waals surface area contributed by atoms with Gasteiger partial charge in [-0.1, -0.05) is 29.3 Å². The van der Waals surface area contributed by atoms with E-state index in [-0.39, 0.29) is 23.9 Å². The molecule has 0 aliphatic heterocycles. The fourth-order valence-corrected chi connectivity index (χ4v) is 2.77.